The van der Waals surface area contributed by atoms with Gasteiger partial charge in [-0.15, -0.1) is 0 Å². The molecule has 1 unspecified atom stereocenters. The van der Waals surface area contributed by atoms with Crippen molar-refractivity contribution in [3.63, 3.8) is 0 Å². The maximum atomic E-state index is 3.49. The first kappa shape index (κ1) is 12.7. The monoisotopic (exact) mass is 225 g/mol. The van der Waals surface area contributed by atoms with Gasteiger partial charge in [0.15, 0.2) is 0 Å². The number of hydrogen-bond acceptors (Lipinski definition) is 2. The van der Waals surface area contributed by atoms with Crippen LogP contribution >= 0.6 is 11.3 Å². The van der Waals surface area contributed by atoms with Gasteiger partial charge in [-0.05, 0) is 54.1 Å². The highest BCUT2D eigenvalue weighted by molar-refractivity contribution is 7.07. The predicted octanol–water partition coefficient (Wildman–Crippen LogP) is 3.70. The van der Waals surface area contributed by atoms with Crippen molar-refractivity contribution in [2.45, 2.75) is 46.1 Å². The summed E-state index contributed by atoms with van der Waals surface area (Å²) in [6.07, 6.45) is 3.89. The van der Waals surface area contributed by atoms with Crippen LogP contribution in [0.5, 0.6) is 0 Å². The molecule has 0 bridgehead atoms. The van der Waals surface area contributed by atoms with Crippen molar-refractivity contribution in [2.24, 2.45) is 5.92 Å². The van der Waals surface area contributed by atoms with Crippen LogP contribution in [-0.2, 0) is 6.42 Å². The molecule has 0 saturated carbocycles. The summed E-state index contributed by atoms with van der Waals surface area (Å²) in [6, 6.07) is 2.85. The molecule has 1 N–H and O–H groups in total. The zero-order valence-electron chi connectivity index (χ0n) is 10.1. The van der Waals surface area contributed by atoms with Crippen LogP contribution in [-0.4, -0.2) is 12.6 Å². The summed E-state index contributed by atoms with van der Waals surface area (Å²) in [5, 5.41) is 7.92. The van der Waals surface area contributed by atoms with Gasteiger partial charge in [0.05, 0.1) is 0 Å². The Hall–Kier alpha value is -0.340. The average molecular weight is 225 g/mol. The van der Waals surface area contributed by atoms with Gasteiger partial charge in [0, 0.05) is 6.04 Å². The highest BCUT2D eigenvalue weighted by Crippen LogP contribution is 2.12. The molecule has 0 radical (unpaired) electrons. The lowest BCUT2D eigenvalue weighted by atomic mass is 10.0. The molecule has 0 spiro atoms. The van der Waals surface area contributed by atoms with Crippen LogP contribution in [0.4, 0.5) is 0 Å². The molecule has 0 aliphatic carbocycles. The number of thiophene rings is 1. The summed E-state index contributed by atoms with van der Waals surface area (Å²) in [4.78, 5) is 0. The molecule has 0 fully saturated rings. The normalized spacial score (nSPS) is 13.3. The lowest BCUT2D eigenvalue weighted by molar-refractivity contribution is 0.443. The van der Waals surface area contributed by atoms with E-state index in [4.69, 9.17) is 0 Å². The lowest BCUT2D eigenvalue weighted by Gasteiger charge is -2.14. The summed E-state index contributed by atoms with van der Waals surface area (Å²) >= 11 is 1.80. The molecule has 2 heteroatoms. The standard InChI is InChI=1S/C13H23NS/c1-11(2)14-9-12(3)5-4-6-13-7-8-15-10-13/h7-8,10-12,14H,4-6,9H2,1-3H3. The quantitative estimate of drug-likeness (QED) is 0.746. The number of hydrogen-bond donors (Lipinski definition) is 1. The van der Waals surface area contributed by atoms with Gasteiger partial charge in [-0.1, -0.05) is 20.8 Å². The van der Waals surface area contributed by atoms with Gasteiger partial charge in [0.2, 0.25) is 0 Å². The van der Waals surface area contributed by atoms with Gasteiger partial charge in [-0.25, -0.2) is 0 Å². The maximum absolute atomic E-state index is 3.49. The molecule has 1 rings (SSSR count). The lowest BCUT2D eigenvalue weighted by Crippen LogP contribution is -2.27. The molecule has 0 amide bonds. The summed E-state index contributed by atoms with van der Waals surface area (Å²) < 4.78 is 0. The van der Waals surface area contributed by atoms with E-state index in [1.807, 2.05) is 0 Å². The first-order valence-corrected chi connectivity index (χ1v) is 6.87. The van der Waals surface area contributed by atoms with E-state index in [1.54, 1.807) is 11.3 Å². The van der Waals surface area contributed by atoms with Crippen molar-refractivity contribution in [2.75, 3.05) is 6.54 Å². The Morgan fingerprint density at radius 2 is 2.13 bits per heavy atom. The van der Waals surface area contributed by atoms with Crippen LogP contribution in [0.1, 0.15) is 39.2 Å². The Bertz CT molecular complexity index is 241. The molecule has 1 atom stereocenters. The highest BCUT2D eigenvalue weighted by Gasteiger charge is 2.03. The fraction of sp³-hybridized carbons (Fsp3) is 0.692. The third-order valence-electron chi connectivity index (χ3n) is 2.62. The largest absolute Gasteiger partial charge is 0.314 e. The number of nitrogens with one attached hydrogen (secondary N) is 1. The molecule has 0 saturated heterocycles. The summed E-state index contributed by atoms with van der Waals surface area (Å²) in [6.45, 7) is 7.90. The van der Waals surface area contributed by atoms with Crippen molar-refractivity contribution >= 4 is 11.3 Å². The molecular weight excluding hydrogens is 202 g/mol. The van der Waals surface area contributed by atoms with Crippen molar-refractivity contribution in [1.29, 1.82) is 0 Å². The van der Waals surface area contributed by atoms with Gasteiger partial charge in [-0.3, -0.25) is 0 Å². The summed E-state index contributed by atoms with van der Waals surface area (Å²) in [5.74, 6) is 0.797. The fourth-order valence-corrected chi connectivity index (χ4v) is 2.33. The molecule has 0 aromatic carbocycles. The van der Waals surface area contributed by atoms with Crippen LogP contribution in [0.15, 0.2) is 16.8 Å². The van der Waals surface area contributed by atoms with E-state index in [-0.39, 0.29) is 0 Å². The number of rotatable bonds is 7. The smallest absolute Gasteiger partial charge is 0.00104 e. The van der Waals surface area contributed by atoms with E-state index in [0.717, 1.165) is 12.5 Å². The van der Waals surface area contributed by atoms with Crippen LogP contribution in [0, 0.1) is 5.92 Å². The van der Waals surface area contributed by atoms with Gasteiger partial charge in [0.1, 0.15) is 0 Å². The third-order valence-corrected chi connectivity index (χ3v) is 3.35. The SMILES string of the molecule is CC(CCCc1ccsc1)CNC(C)C. The van der Waals surface area contributed by atoms with Crippen molar-refractivity contribution in [3.05, 3.63) is 22.4 Å². The van der Waals surface area contributed by atoms with Crippen LogP contribution in [0.25, 0.3) is 0 Å². The van der Waals surface area contributed by atoms with E-state index in [1.165, 1.54) is 24.8 Å². The molecule has 15 heavy (non-hydrogen) atoms. The average Bonchev–Trinajstić information content (AvgIpc) is 2.67. The van der Waals surface area contributed by atoms with Crippen LogP contribution in [0.3, 0.4) is 0 Å². The van der Waals surface area contributed by atoms with E-state index in [0.29, 0.717) is 6.04 Å². The molecule has 86 valence electrons. The second-order valence-electron chi connectivity index (χ2n) is 4.69. The first-order valence-electron chi connectivity index (χ1n) is 5.93. The highest BCUT2D eigenvalue weighted by atomic mass is 32.1. The van der Waals surface area contributed by atoms with Crippen molar-refractivity contribution < 1.29 is 0 Å². The third kappa shape index (κ3) is 5.95. The Morgan fingerprint density at radius 3 is 2.73 bits per heavy atom. The first-order chi connectivity index (χ1) is 7.18. The van der Waals surface area contributed by atoms with Crippen LogP contribution in [0.2, 0.25) is 0 Å². The summed E-state index contributed by atoms with van der Waals surface area (Å²) in [7, 11) is 0. The minimum atomic E-state index is 0.615. The molecular formula is C13H23NS. The molecule has 1 aromatic rings. The van der Waals surface area contributed by atoms with Gasteiger partial charge in [0.25, 0.3) is 0 Å². The minimum absolute atomic E-state index is 0.615. The summed E-state index contributed by atoms with van der Waals surface area (Å²) in [5.41, 5.74) is 1.50. The Balaban J connectivity index is 2.04. The Labute approximate surface area is 97.9 Å². The Morgan fingerprint density at radius 1 is 1.33 bits per heavy atom. The van der Waals surface area contributed by atoms with Gasteiger partial charge >= 0.3 is 0 Å². The van der Waals surface area contributed by atoms with Crippen molar-refractivity contribution in [3.8, 4) is 0 Å². The fourth-order valence-electron chi connectivity index (χ4n) is 1.63. The van der Waals surface area contributed by atoms with Gasteiger partial charge in [-0.2, -0.15) is 11.3 Å². The maximum Gasteiger partial charge on any atom is 0.00104 e. The predicted molar refractivity (Wildman–Crippen MR) is 69.6 cm³/mol. The van der Waals surface area contributed by atoms with E-state index in [9.17, 15) is 0 Å². The van der Waals surface area contributed by atoms with E-state index < -0.39 is 0 Å². The topological polar surface area (TPSA) is 12.0 Å². The zero-order chi connectivity index (χ0) is 11.1. The van der Waals surface area contributed by atoms with E-state index in [2.05, 4.69) is 42.9 Å². The van der Waals surface area contributed by atoms with Crippen molar-refractivity contribution in [1.82, 2.24) is 5.32 Å². The second kappa shape index (κ2) is 7.02. The molecule has 1 heterocycles. The minimum Gasteiger partial charge on any atom is -0.314 e. The second-order valence-corrected chi connectivity index (χ2v) is 5.47. The van der Waals surface area contributed by atoms with Crippen LogP contribution < -0.4 is 5.32 Å². The molecule has 0 aliphatic rings. The van der Waals surface area contributed by atoms with E-state index >= 15 is 0 Å². The Kier molecular flexibility index (Phi) is 5.96. The number of aryl methyl sites for hydroxylation is 1. The molecule has 0 aliphatic heterocycles. The van der Waals surface area contributed by atoms with Gasteiger partial charge < -0.3 is 5.32 Å². The zero-order valence-corrected chi connectivity index (χ0v) is 10.9. The molecule has 1 nitrogen and oxygen atoms in total. The molecule has 1 aromatic heterocycles.